The summed E-state index contributed by atoms with van der Waals surface area (Å²) in [6, 6.07) is 0. The predicted octanol–water partition coefficient (Wildman–Crippen LogP) is 2.58. The third-order valence-electron chi connectivity index (χ3n) is 1.69. The molecule has 0 aromatic carbocycles. The summed E-state index contributed by atoms with van der Waals surface area (Å²) in [6.07, 6.45) is 10.6. The molecule has 1 aromatic rings. The molecule has 0 radical (unpaired) electrons. The van der Waals surface area contributed by atoms with Gasteiger partial charge in [-0.3, -0.25) is 0 Å². The third-order valence-corrected chi connectivity index (χ3v) is 1.69. The maximum Gasteiger partial charge on any atom is 0.0800 e. The molecule has 0 amide bonds. The fraction of sp³-hybridized carbons (Fsp3) is 0.273. The van der Waals surface area contributed by atoms with Crippen molar-refractivity contribution in [3.8, 4) is 0 Å². The Labute approximate surface area is 84.4 Å². The maximum atomic E-state index is 4.00. The second-order valence-electron chi connectivity index (χ2n) is 2.94. The molecule has 0 spiro atoms. The van der Waals surface area contributed by atoms with Crippen molar-refractivity contribution in [2.75, 3.05) is 0 Å². The first-order valence-electron chi connectivity index (χ1n) is 4.66. The Morgan fingerprint density at radius 3 is 2.93 bits per heavy atom. The second kappa shape index (κ2) is 5.17. The Balaban J connectivity index is 2.94. The number of aryl methyl sites for hydroxylation is 1. The molecule has 0 N–H and O–H groups in total. The quantitative estimate of drug-likeness (QED) is 0.681. The molecule has 0 saturated carbocycles. The number of hydrogen-bond acceptors (Lipinski definition) is 2. The molecule has 0 unspecified atom stereocenters. The molecule has 0 aliphatic carbocycles. The minimum Gasteiger partial charge on any atom is -0.221 e. The Morgan fingerprint density at radius 2 is 2.43 bits per heavy atom. The van der Waals surface area contributed by atoms with Gasteiger partial charge in [0.2, 0.25) is 0 Å². The number of hydrogen-bond donors (Lipinski definition) is 0. The number of nitrogens with zero attached hydrogens (tertiary/aromatic N) is 3. The highest BCUT2D eigenvalue weighted by atomic mass is 15.4. The topological polar surface area (TPSA) is 30.7 Å². The van der Waals surface area contributed by atoms with E-state index in [1.807, 2.05) is 25.3 Å². The van der Waals surface area contributed by atoms with E-state index in [-0.39, 0.29) is 0 Å². The molecule has 0 atom stereocenters. The summed E-state index contributed by atoms with van der Waals surface area (Å²) < 4.78 is 1.76. The van der Waals surface area contributed by atoms with Crippen LogP contribution in [0.3, 0.4) is 0 Å². The number of allylic oxidation sites excluding steroid dienone is 5. The first kappa shape index (κ1) is 10.4. The molecule has 0 saturated heterocycles. The Morgan fingerprint density at radius 1 is 1.64 bits per heavy atom. The van der Waals surface area contributed by atoms with Crippen molar-refractivity contribution in [2.24, 2.45) is 0 Å². The van der Waals surface area contributed by atoms with Gasteiger partial charge >= 0.3 is 0 Å². The molecule has 0 aliphatic rings. The van der Waals surface area contributed by atoms with Crippen LogP contribution in [0.4, 0.5) is 0 Å². The lowest BCUT2D eigenvalue weighted by atomic mass is 10.3. The number of aromatic nitrogens is 3. The Hall–Kier alpha value is -1.64. The van der Waals surface area contributed by atoms with Crippen LogP contribution in [0.25, 0.3) is 5.70 Å². The minimum absolute atomic E-state index is 0.916. The molecule has 0 aliphatic heterocycles. The van der Waals surface area contributed by atoms with Crippen LogP contribution < -0.4 is 0 Å². The molecule has 3 heteroatoms. The highest BCUT2D eigenvalue weighted by Gasteiger charge is 1.97. The van der Waals surface area contributed by atoms with E-state index in [1.165, 1.54) is 0 Å². The standard InChI is InChI=1S/C11H15N3/c1-4-6-8-11(7-5-2)14-9-10(3)12-13-14/h4,6-9H,1,5H2,2-3H3/b8-6-,11-7+. The molecule has 0 fully saturated rings. The van der Waals surface area contributed by atoms with Crippen LogP contribution in [0.1, 0.15) is 19.0 Å². The molecule has 1 rings (SSSR count). The monoisotopic (exact) mass is 189 g/mol. The van der Waals surface area contributed by atoms with E-state index in [4.69, 9.17) is 0 Å². The van der Waals surface area contributed by atoms with E-state index in [0.717, 1.165) is 17.8 Å². The van der Waals surface area contributed by atoms with Crippen molar-refractivity contribution >= 4 is 5.70 Å². The highest BCUT2D eigenvalue weighted by Crippen LogP contribution is 2.06. The summed E-state index contributed by atoms with van der Waals surface area (Å²) in [5.41, 5.74) is 1.94. The van der Waals surface area contributed by atoms with Crippen LogP contribution in [0, 0.1) is 6.92 Å². The van der Waals surface area contributed by atoms with Gasteiger partial charge in [0.1, 0.15) is 0 Å². The van der Waals surface area contributed by atoms with Crippen LogP contribution in [0.15, 0.2) is 37.1 Å². The van der Waals surface area contributed by atoms with Gasteiger partial charge in [-0.15, -0.1) is 5.10 Å². The molecule has 3 nitrogen and oxygen atoms in total. The van der Waals surface area contributed by atoms with Gasteiger partial charge in [0.15, 0.2) is 0 Å². The first-order chi connectivity index (χ1) is 6.77. The fourth-order valence-corrected chi connectivity index (χ4v) is 1.09. The third kappa shape index (κ3) is 2.69. The van der Waals surface area contributed by atoms with Crippen molar-refractivity contribution < 1.29 is 0 Å². The van der Waals surface area contributed by atoms with Gasteiger partial charge in [-0.25, -0.2) is 4.68 Å². The van der Waals surface area contributed by atoms with Gasteiger partial charge < -0.3 is 0 Å². The highest BCUT2D eigenvalue weighted by molar-refractivity contribution is 5.56. The molecule has 14 heavy (non-hydrogen) atoms. The average Bonchev–Trinajstić information content (AvgIpc) is 2.59. The van der Waals surface area contributed by atoms with Gasteiger partial charge in [-0.05, 0) is 19.4 Å². The Bertz CT molecular complexity index is 358. The molecular formula is C11H15N3. The average molecular weight is 189 g/mol. The van der Waals surface area contributed by atoms with E-state index in [0.29, 0.717) is 0 Å². The lowest BCUT2D eigenvalue weighted by molar-refractivity contribution is 0.818. The summed E-state index contributed by atoms with van der Waals surface area (Å²) in [6.45, 7) is 7.64. The van der Waals surface area contributed by atoms with E-state index >= 15 is 0 Å². The van der Waals surface area contributed by atoms with Gasteiger partial charge in [0, 0.05) is 0 Å². The largest absolute Gasteiger partial charge is 0.221 e. The lowest BCUT2D eigenvalue weighted by Crippen LogP contribution is -1.95. The van der Waals surface area contributed by atoms with Crippen molar-refractivity contribution in [2.45, 2.75) is 20.3 Å². The summed E-state index contributed by atoms with van der Waals surface area (Å²) in [7, 11) is 0. The van der Waals surface area contributed by atoms with Crippen LogP contribution in [-0.2, 0) is 0 Å². The van der Waals surface area contributed by atoms with Crippen molar-refractivity contribution in [3.05, 3.63) is 42.8 Å². The summed E-state index contributed by atoms with van der Waals surface area (Å²) in [4.78, 5) is 0. The van der Waals surface area contributed by atoms with E-state index in [1.54, 1.807) is 10.8 Å². The van der Waals surface area contributed by atoms with E-state index in [9.17, 15) is 0 Å². The van der Waals surface area contributed by atoms with Crippen LogP contribution in [-0.4, -0.2) is 15.0 Å². The van der Waals surface area contributed by atoms with Gasteiger partial charge in [-0.2, -0.15) is 0 Å². The zero-order valence-electron chi connectivity index (χ0n) is 8.64. The van der Waals surface area contributed by atoms with E-state index in [2.05, 4.69) is 29.9 Å². The molecular weight excluding hydrogens is 174 g/mol. The maximum absolute atomic E-state index is 4.00. The first-order valence-corrected chi connectivity index (χ1v) is 4.66. The van der Waals surface area contributed by atoms with Crippen LogP contribution in [0.2, 0.25) is 0 Å². The molecule has 74 valence electrons. The Kier molecular flexibility index (Phi) is 3.85. The second-order valence-corrected chi connectivity index (χ2v) is 2.94. The van der Waals surface area contributed by atoms with Crippen LogP contribution in [0.5, 0.6) is 0 Å². The van der Waals surface area contributed by atoms with Gasteiger partial charge in [-0.1, -0.05) is 36.9 Å². The fourth-order valence-electron chi connectivity index (χ4n) is 1.09. The van der Waals surface area contributed by atoms with Crippen molar-refractivity contribution in [3.63, 3.8) is 0 Å². The van der Waals surface area contributed by atoms with Gasteiger partial charge in [0.25, 0.3) is 0 Å². The van der Waals surface area contributed by atoms with E-state index < -0.39 is 0 Å². The molecule has 0 bridgehead atoms. The predicted molar refractivity (Wildman–Crippen MR) is 58.7 cm³/mol. The SMILES string of the molecule is C=C/C=C\C(=C/CC)n1cc(C)nn1. The normalized spacial score (nSPS) is 12.3. The summed E-state index contributed by atoms with van der Waals surface area (Å²) >= 11 is 0. The smallest absolute Gasteiger partial charge is 0.0800 e. The zero-order chi connectivity index (χ0) is 10.4. The van der Waals surface area contributed by atoms with Crippen molar-refractivity contribution in [1.29, 1.82) is 0 Å². The molecule has 1 aromatic heterocycles. The summed E-state index contributed by atoms with van der Waals surface area (Å²) in [5.74, 6) is 0. The molecule has 1 heterocycles. The van der Waals surface area contributed by atoms with Gasteiger partial charge in [0.05, 0.1) is 17.6 Å². The minimum atomic E-state index is 0.916. The summed E-state index contributed by atoms with van der Waals surface area (Å²) in [5, 5.41) is 7.94. The lowest BCUT2D eigenvalue weighted by Gasteiger charge is -1.99. The van der Waals surface area contributed by atoms with Crippen LogP contribution >= 0.6 is 0 Å². The number of rotatable bonds is 4. The zero-order valence-corrected chi connectivity index (χ0v) is 8.64. The van der Waals surface area contributed by atoms with Crippen molar-refractivity contribution in [1.82, 2.24) is 15.0 Å².